The normalized spacial score (nSPS) is 10.7. The van der Waals surface area contributed by atoms with E-state index >= 15 is 0 Å². The highest BCUT2D eigenvalue weighted by Gasteiger charge is 2.20. The molecule has 0 saturated heterocycles. The Balaban J connectivity index is 2.37. The van der Waals surface area contributed by atoms with Crippen molar-refractivity contribution in [2.45, 2.75) is 6.92 Å². The fraction of sp³-hybridized carbons (Fsp3) is 0.235. The van der Waals surface area contributed by atoms with Crippen LogP contribution in [0.25, 0.3) is 0 Å². The van der Waals surface area contributed by atoms with Crippen molar-refractivity contribution in [2.75, 3.05) is 21.3 Å². The van der Waals surface area contributed by atoms with Crippen molar-refractivity contribution >= 4 is 19.4 Å². The Morgan fingerprint density at radius 1 is 0.909 bits per heavy atom. The molecule has 0 amide bonds. The number of hydrogen-bond donors (Lipinski definition) is 0. The van der Waals surface area contributed by atoms with E-state index in [4.69, 9.17) is 14.2 Å². The number of rotatable bonds is 6. The molecule has 0 radical (unpaired) electrons. The van der Waals surface area contributed by atoms with Crippen molar-refractivity contribution in [3.05, 3.63) is 47.5 Å². The summed E-state index contributed by atoms with van der Waals surface area (Å²) in [4.78, 5) is 12.7. The minimum atomic E-state index is -0.0276. The van der Waals surface area contributed by atoms with Crippen LogP contribution in [0.5, 0.6) is 17.2 Å². The second-order valence-corrected chi connectivity index (χ2v) is 6.01. The molecule has 0 aromatic heterocycles. The minimum absolute atomic E-state index is 0.00860. The quantitative estimate of drug-likeness (QED) is 0.768. The van der Waals surface area contributed by atoms with Gasteiger partial charge in [-0.2, -0.15) is 0 Å². The molecule has 0 aliphatic rings. The Hall–Kier alpha value is -2.06. The van der Waals surface area contributed by atoms with Gasteiger partial charge in [-0.3, -0.25) is 4.79 Å². The summed E-state index contributed by atoms with van der Waals surface area (Å²) in [5.74, 6) is 1.51. The monoisotopic (exact) mass is 318 g/mol. The molecule has 4 nitrogen and oxygen atoms in total. The van der Waals surface area contributed by atoms with Crippen molar-refractivity contribution in [2.24, 2.45) is 0 Å². The van der Waals surface area contributed by atoms with Crippen molar-refractivity contribution in [3.8, 4) is 17.2 Å². The van der Waals surface area contributed by atoms with Gasteiger partial charge in [0, 0.05) is 12.1 Å². The average molecular weight is 318 g/mol. The van der Waals surface area contributed by atoms with Crippen molar-refractivity contribution in [1.29, 1.82) is 0 Å². The predicted molar refractivity (Wildman–Crippen MR) is 89.6 cm³/mol. The first-order valence-electron chi connectivity index (χ1n) is 6.77. The van der Waals surface area contributed by atoms with Gasteiger partial charge in [0.15, 0.2) is 5.52 Å². The second kappa shape index (κ2) is 7.28. The third kappa shape index (κ3) is 3.58. The number of ether oxygens (including phenoxy) is 3. The smallest absolute Gasteiger partial charge is 0.193 e. The summed E-state index contributed by atoms with van der Waals surface area (Å²) >= 11 is 0. The molecule has 0 N–H and O–H groups in total. The van der Waals surface area contributed by atoms with E-state index in [0.29, 0.717) is 22.8 Å². The third-order valence-corrected chi connectivity index (χ3v) is 4.35. The zero-order valence-electron chi connectivity index (χ0n) is 13.1. The number of aryl methyl sites for hydroxylation is 1. The van der Waals surface area contributed by atoms with Gasteiger partial charge in [-0.15, -0.1) is 0 Å². The topological polar surface area (TPSA) is 44.8 Å². The number of hydrogen-bond acceptors (Lipinski definition) is 4. The van der Waals surface area contributed by atoms with Gasteiger partial charge in [0.2, 0.25) is 0 Å². The maximum Gasteiger partial charge on any atom is 0.193 e. The molecule has 22 heavy (non-hydrogen) atoms. The molecule has 5 heteroatoms. The first-order valence-corrected chi connectivity index (χ1v) is 7.77. The maximum absolute atomic E-state index is 12.7. The van der Waals surface area contributed by atoms with Crippen LogP contribution in [0.1, 0.15) is 15.9 Å². The summed E-state index contributed by atoms with van der Waals surface area (Å²) in [5, 5.41) is 0.982. The van der Waals surface area contributed by atoms with Crippen LogP contribution in [0.15, 0.2) is 36.4 Å². The molecule has 116 valence electrons. The largest absolute Gasteiger partial charge is 0.496 e. The molecule has 2 rings (SSSR count). The van der Waals surface area contributed by atoms with Crippen molar-refractivity contribution < 1.29 is 19.0 Å². The fourth-order valence-electron chi connectivity index (χ4n) is 2.06. The Labute approximate surface area is 132 Å². The van der Waals surface area contributed by atoms with Crippen LogP contribution >= 0.6 is 8.58 Å². The molecule has 0 fully saturated rings. The predicted octanol–water partition coefficient (Wildman–Crippen LogP) is 3.17. The number of benzene rings is 2. The number of methoxy groups -OCH3 is 3. The van der Waals surface area contributed by atoms with Crippen LogP contribution in [0.2, 0.25) is 0 Å². The van der Waals surface area contributed by atoms with E-state index in [1.807, 2.05) is 31.2 Å². The standard InChI is InChI=1S/C17H19O4P/c1-11-5-7-13(8-6-11)22-17(18)16-14(20-3)9-12(19-2)10-15(16)21-4/h5-10,22H,1-4H3. The Morgan fingerprint density at radius 3 is 1.91 bits per heavy atom. The highest BCUT2D eigenvalue weighted by molar-refractivity contribution is 7.66. The Bertz CT molecular complexity index is 640. The van der Waals surface area contributed by atoms with E-state index in [2.05, 4.69) is 0 Å². The van der Waals surface area contributed by atoms with Gasteiger partial charge in [-0.05, 0) is 20.8 Å². The summed E-state index contributed by atoms with van der Waals surface area (Å²) in [6, 6.07) is 11.3. The van der Waals surface area contributed by atoms with E-state index in [1.54, 1.807) is 19.2 Å². The van der Waals surface area contributed by atoms with Crippen LogP contribution in [0, 0.1) is 6.92 Å². The molecule has 0 aliphatic carbocycles. The lowest BCUT2D eigenvalue weighted by atomic mass is 10.2. The molecule has 0 aliphatic heterocycles. The van der Waals surface area contributed by atoms with E-state index in [1.165, 1.54) is 19.8 Å². The van der Waals surface area contributed by atoms with E-state index in [9.17, 15) is 4.79 Å². The van der Waals surface area contributed by atoms with Crippen LogP contribution in [-0.4, -0.2) is 26.9 Å². The summed E-state index contributed by atoms with van der Waals surface area (Å²) < 4.78 is 15.9. The first-order chi connectivity index (χ1) is 10.6. The lowest BCUT2D eigenvalue weighted by Crippen LogP contribution is -2.05. The molecular formula is C17H19O4P. The van der Waals surface area contributed by atoms with Crippen LogP contribution < -0.4 is 19.5 Å². The van der Waals surface area contributed by atoms with Gasteiger partial charge < -0.3 is 14.2 Å². The summed E-state index contributed by atoms with van der Waals surface area (Å²) in [5.41, 5.74) is 1.59. The maximum atomic E-state index is 12.7. The first kappa shape index (κ1) is 16.3. The SMILES string of the molecule is COc1cc(OC)c(C(=O)Pc2ccc(C)cc2)c(OC)c1. The van der Waals surface area contributed by atoms with Crippen LogP contribution in [0.4, 0.5) is 0 Å². The number of carbonyl (C=O) groups excluding carboxylic acids is 1. The molecule has 1 unspecified atom stereocenters. The van der Waals surface area contributed by atoms with E-state index in [-0.39, 0.29) is 14.1 Å². The van der Waals surface area contributed by atoms with Crippen LogP contribution in [0.3, 0.4) is 0 Å². The Kier molecular flexibility index (Phi) is 5.40. The van der Waals surface area contributed by atoms with E-state index < -0.39 is 0 Å². The summed E-state index contributed by atoms with van der Waals surface area (Å²) in [7, 11) is 4.62. The molecule has 0 heterocycles. The molecule has 0 spiro atoms. The molecule has 0 bridgehead atoms. The van der Waals surface area contributed by atoms with Gasteiger partial charge in [-0.25, -0.2) is 0 Å². The molecule has 2 aromatic carbocycles. The van der Waals surface area contributed by atoms with Gasteiger partial charge >= 0.3 is 0 Å². The molecular weight excluding hydrogens is 299 g/mol. The van der Waals surface area contributed by atoms with Gasteiger partial charge in [0.05, 0.1) is 21.3 Å². The lowest BCUT2D eigenvalue weighted by Gasteiger charge is -2.14. The van der Waals surface area contributed by atoms with Crippen molar-refractivity contribution in [1.82, 2.24) is 0 Å². The summed E-state index contributed by atoms with van der Waals surface area (Å²) in [6.07, 6.45) is 0. The second-order valence-electron chi connectivity index (χ2n) is 4.73. The lowest BCUT2D eigenvalue weighted by molar-refractivity contribution is 0.108. The zero-order chi connectivity index (χ0) is 16.1. The third-order valence-electron chi connectivity index (χ3n) is 3.25. The highest BCUT2D eigenvalue weighted by Crippen LogP contribution is 2.37. The van der Waals surface area contributed by atoms with Gasteiger partial charge in [0.25, 0.3) is 0 Å². The molecule has 0 saturated carbocycles. The number of carbonyl (C=O) groups is 1. The van der Waals surface area contributed by atoms with Gasteiger partial charge in [0.1, 0.15) is 22.8 Å². The van der Waals surface area contributed by atoms with Gasteiger partial charge in [-0.1, -0.05) is 29.8 Å². The fourth-order valence-corrected chi connectivity index (χ4v) is 3.03. The Morgan fingerprint density at radius 2 is 1.45 bits per heavy atom. The summed E-state index contributed by atoms with van der Waals surface area (Å²) in [6.45, 7) is 2.02. The minimum Gasteiger partial charge on any atom is -0.496 e. The molecule has 1 atom stereocenters. The molecule has 2 aromatic rings. The average Bonchev–Trinajstić information content (AvgIpc) is 2.55. The van der Waals surface area contributed by atoms with E-state index in [0.717, 1.165) is 5.30 Å². The highest BCUT2D eigenvalue weighted by atomic mass is 31.1. The zero-order valence-corrected chi connectivity index (χ0v) is 14.1. The van der Waals surface area contributed by atoms with Crippen molar-refractivity contribution in [3.63, 3.8) is 0 Å². The van der Waals surface area contributed by atoms with Crippen LogP contribution in [-0.2, 0) is 0 Å².